The SMILES string of the molecule is CCCCc1ccc(C#Cc2cccc3cccc(C#Cc4ccc(CCCC)cc4)c23)cc1. The number of unbranched alkanes of at least 4 members (excludes halogenated alkanes) is 2. The first-order chi connectivity index (χ1) is 16.8. The Kier molecular flexibility index (Phi) is 8.22. The van der Waals surface area contributed by atoms with Crippen molar-refractivity contribution in [2.45, 2.75) is 52.4 Å². The minimum atomic E-state index is 1.02. The van der Waals surface area contributed by atoms with Crippen molar-refractivity contribution in [1.29, 1.82) is 0 Å². The van der Waals surface area contributed by atoms with Crippen LogP contribution in [0.5, 0.6) is 0 Å². The van der Waals surface area contributed by atoms with Crippen LogP contribution >= 0.6 is 0 Å². The number of hydrogen-bond acceptors (Lipinski definition) is 0. The van der Waals surface area contributed by atoms with E-state index in [0.717, 1.165) is 40.5 Å². The highest BCUT2D eigenvalue weighted by molar-refractivity contribution is 5.93. The highest BCUT2D eigenvalue weighted by Crippen LogP contribution is 2.22. The molecule has 0 bridgehead atoms. The molecule has 0 aliphatic carbocycles. The van der Waals surface area contributed by atoms with E-state index in [1.54, 1.807) is 0 Å². The van der Waals surface area contributed by atoms with Crippen LogP contribution in [0.4, 0.5) is 0 Å². The Bertz CT molecular complexity index is 1240. The van der Waals surface area contributed by atoms with Gasteiger partial charge >= 0.3 is 0 Å². The highest BCUT2D eigenvalue weighted by Gasteiger charge is 2.03. The van der Waals surface area contributed by atoms with Crippen molar-refractivity contribution in [3.05, 3.63) is 118 Å². The average molecular weight is 441 g/mol. The van der Waals surface area contributed by atoms with Gasteiger partial charge in [-0.15, -0.1) is 0 Å². The van der Waals surface area contributed by atoms with Crippen LogP contribution in [0.15, 0.2) is 84.9 Å². The Morgan fingerprint density at radius 1 is 0.500 bits per heavy atom. The summed E-state index contributed by atoms with van der Waals surface area (Å²) in [5.74, 6) is 13.6. The van der Waals surface area contributed by atoms with E-state index in [2.05, 4.69) is 122 Å². The number of hydrogen-bond donors (Lipinski definition) is 0. The molecule has 0 amide bonds. The summed E-state index contributed by atoms with van der Waals surface area (Å²) in [5, 5.41) is 2.30. The number of benzene rings is 4. The zero-order valence-electron chi connectivity index (χ0n) is 20.3. The maximum Gasteiger partial charge on any atom is 0.0340 e. The summed E-state index contributed by atoms with van der Waals surface area (Å²) in [7, 11) is 0. The van der Waals surface area contributed by atoms with E-state index in [4.69, 9.17) is 0 Å². The second-order valence-corrected chi connectivity index (χ2v) is 8.81. The normalized spacial score (nSPS) is 10.3. The second-order valence-electron chi connectivity index (χ2n) is 8.81. The third-order valence-corrected chi connectivity index (χ3v) is 6.13. The Morgan fingerprint density at radius 3 is 1.35 bits per heavy atom. The van der Waals surface area contributed by atoms with Crippen LogP contribution in [0.3, 0.4) is 0 Å². The van der Waals surface area contributed by atoms with E-state index in [0.29, 0.717) is 0 Å². The molecule has 4 aromatic rings. The average Bonchev–Trinajstić information content (AvgIpc) is 2.89. The quantitative estimate of drug-likeness (QED) is 0.264. The Balaban J connectivity index is 1.62. The maximum atomic E-state index is 3.41. The molecule has 34 heavy (non-hydrogen) atoms. The molecule has 0 aliphatic heterocycles. The van der Waals surface area contributed by atoms with Crippen LogP contribution < -0.4 is 0 Å². The summed E-state index contributed by atoms with van der Waals surface area (Å²) >= 11 is 0. The van der Waals surface area contributed by atoms with Gasteiger partial charge in [0.2, 0.25) is 0 Å². The minimum absolute atomic E-state index is 1.02. The van der Waals surface area contributed by atoms with Crippen molar-refractivity contribution >= 4 is 10.8 Å². The zero-order chi connectivity index (χ0) is 23.6. The van der Waals surface area contributed by atoms with Gasteiger partial charge in [-0.25, -0.2) is 0 Å². The molecule has 4 aromatic carbocycles. The Labute approximate surface area is 205 Å². The Hall–Kier alpha value is -3.74. The first kappa shape index (κ1) is 23.4. The lowest BCUT2D eigenvalue weighted by Crippen LogP contribution is -1.87. The van der Waals surface area contributed by atoms with E-state index in [1.165, 1.54) is 42.2 Å². The summed E-state index contributed by atoms with van der Waals surface area (Å²) < 4.78 is 0. The molecule has 0 saturated heterocycles. The van der Waals surface area contributed by atoms with Crippen LogP contribution in [-0.4, -0.2) is 0 Å². The van der Waals surface area contributed by atoms with Crippen LogP contribution in [0.25, 0.3) is 10.8 Å². The van der Waals surface area contributed by atoms with Gasteiger partial charge < -0.3 is 0 Å². The lowest BCUT2D eigenvalue weighted by Gasteiger charge is -2.04. The van der Waals surface area contributed by atoms with Crippen LogP contribution in [0.2, 0.25) is 0 Å². The molecule has 0 unspecified atom stereocenters. The summed E-state index contributed by atoms with van der Waals surface area (Å²) in [6.45, 7) is 4.46. The maximum absolute atomic E-state index is 3.41. The van der Waals surface area contributed by atoms with Crippen molar-refractivity contribution in [2.75, 3.05) is 0 Å². The molecule has 4 rings (SSSR count). The van der Waals surface area contributed by atoms with Gasteiger partial charge in [-0.1, -0.05) is 98.9 Å². The predicted molar refractivity (Wildman–Crippen MR) is 146 cm³/mol. The molecule has 0 atom stereocenters. The Morgan fingerprint density at radius 2 is 0.941 bits per heavy atom. The van der Waals surface area contributed by atoms with Gasteiger partial charge in [0.05, 0.1) is 0 Å². The van der Waals surface area contributed by atoms with Crippen LogP contribution in [-0.2, 0) is 12.8 Å². The first-order valence-corrected chi connectivity index (χ1v) is 12.5. The molecule has 0 radical (unpaired) electrons. The molecule has 0 aliphatic rings. The van der Waals surface area contributed by atoms with Gasteiger partial charge in [-0.3, -0.25) is 0 Å². The van der Waals surface area contributed by atoms with Gasteiger partial charge in [0.15, 0.2) is 0 Å². The molecule has 0 spiro atoms. The van der Waals surface area contributed by atoms with Crippen LogP contribution in [0, 0.1) is 23.7 Å². The topological polar surface area (TPSA) is 0 Å². The summed E-state index contributed by atoms with van der Waals surface area (Å²) in [4.78, 5) is 0. The number of fused-ring (bicyclic) bond motifs is 1. The summed E-state index contributed by atoms with van der Waals surface area (Å²) in [5.41, 5.74) is 6.90. The van der Waals surface area contributed by atoms with E-state index < -0.39 is 0 Å². The molecule has 0 N–H and O–H groups in total. The van der Waals surface area contributed by atoms with E-state index in [9.17, 15) is 0 Å². The smallest absolute Gasteiger partial charge is 0.0340 e. The molecule has 0 fully saturated rings. The van der Waals surface area contributed by atoms with E-state index >= 15 is 0 Å². The summed E-state index contributed by atoms with van der Waals surface area (Å²) in [6, 6.07) is 30.0. The molecule has 0 saturated carbocycles. The van der Waals surface area contributed by atoms with Gasteiger partial charge in [-0.05, 0) is 78.6 Å². The van der Waals surface area contributed by atoms with Gasteiger partial charge in [0, 0.05) is 27.6 Å². The molecule has 168 valence electrons. The molecule has 0 heterocycles. The van der Waals surface area contributed by atoms with Crippen molar-refractivity contribution in [3.8, 4) is 23.7 Å². The first-order valence-electron chi connectivity index (χ1n) is 12.5. The van der Waals surface area contributed by atoms with Crippen molar-refractivity contribution < 1.29 is 0 Å². The van der Waals surface area contributed by atoms with Gasteiger partial charge in [0.25, 0.3) is 0 Å². The largest absolute Gasteiger partial charge is 0.0654 e. The van der Waals surface area contributed by atoms with Gasteiger partial charge in [-0.2, -0.15) is 0 Å². The number of rotatable bonds is 6. The zero-order valence-corrected chi connectivity index (χ0v) is 20.3. The van der Waals surface area contributed by atoms with E-state index in [1.807, 2.05) is 0 Å². The molecular weight excluding hydrogens is 408 g/mol. The fraction of sp³-hybridized carbons (Fsp3) is 0.235. The van der Waals surface area contributed by atoms with Gasteiger partial charge in [0.1, 0.15) is 0 Å². The second kappa shape index (κ2) is 11.9. The highest BCUT2D eigenvalue weighted by atomic mass is 14.1. The predicted octanol–water partition coefficient (Wildman–Crippen LogP) is 8.32. The standard InChI is InChI=1S/C34H32/c1-3-5-9-27-15-19-29(20-16-27)23-25-32-13-7-11-31-12-8-14-33(34(31)32)26-24-30-21-17-28(18-22-30)10-6-4-2/h7-8,11-22H,3-6,9-10H2,1-2H3. The monoisotopic (exact) mass is 440 g/mol. The fourth-order valence-corrected chi connectivity index (χ4v) is 4.10. The van der Waals surface area contributed by atoms with Crippen molar-refractivity contribution in [2.24, 2.45) is 0 Å². The number of aryl methyl sites for hydroxylation is 2. The fourth-order valence-electron chi connectivity index (χ4n) is 4.10. The lowest BCUT2D eigenvalue weighted by molar-refractivity contribution is 0.795. The third kappa shape index (κ3) is 6.19. The van der Waals surface area contributed by atoms with Crippen molar-refractivity contribution in [1.82, 2.24) is 0 Å². The lowest BCUT2D eigenvalue weighted by atomic mass is 9.99. The molecular formula is C34H32. The molecule has 0 aromatic heterocycles. The van der Waals surface area contributed by atoms with Crippen LogP contribution in [0.1, 0.15) is 72.9 Å². The molecule has 0 heteroatoms. The summed E-state index contributed by atoms with van der Waals surface area (Å²) in [6.07, 6.45) is 7.17. The minimum Gasteiger partial charge on any atom is -0.0654 e. The molecule has 0 nitrogen and oxygen atoms in total. The van der Waals surface area contributed by atoms with Crippen molar-refractivity contribution in [3.63, 3.8) is 0 Å². The third-order valence-electron chi connectivity index (χ3n) is 6.13. The van der Waals surface area contributed by atoms with E-state index in [-0.39, 0.29) is 0 Å².